The number of carbonyl (C=O) groups excluding carboxylic acids is 1. The molecule has 0 atom stereocenters. The number of aromatic nitrogens is 1. The molecule has 2 aromatic rings. The van der Waals surface area contributed by atoms with Crippen molar-refractivity contribution >= 4 is 21.6 Å². The number of nitrogens with zero attached hydrogens (tertiary/aromatic N) is 1. The second kappa shape index (κ2) is 7.01. The first-order valence-electron chi connectivity index (χ1n) is 8.45. The molecular formula is C18H23N3O3S. The molecule has 1 fully saturated rings. The summed E-state index contributed by atoms with van der Waals surface area (Å²) < 4.78 is 26.8. The Labute approximate surface area is 148 Å². The number of anilines is 1. The van der Waals surface area contributed by atoms with Gasteiger partial charge in [-0.3, -0.25) is 4.79 Å². The standard InChI is InChI=1S/C18H23N3O3S/c1-13-6-7-16(14(2)10-13)20-18(22)17-11-15(12-19-17)25(23,24)21-8-4-3-5-9-21/h6-7,10-12,19H,3-5,8-9H2,1-2H3,(H,20,22). The maximum Gasteiger partial charge on any atom is 0.272 e. The molecule has 7 heteroatoms. The van der Waals surface area contributed by atoms with Gasteiger partial charge in [0, 0.05) is 25.0 Å². The highest BCUT2D eigenvalue weighted by molar-refractivity contribution is 7.89. The number of nitrogens with one attached hydrogen (secondary N) is 2. The Bertz CT molecular complexity index is 881. The summed E-state index contributed by atoms with van der Waals surface area (Å²) in [4.78, 5) is 15.3. The molecule has 6 nitrogen and oxygen atoms in total. The van der Waals surface area contributed by atoms with E-state index in [4.69, 9.17) is 0 Å². The maximum atomic E-state index is 12.6. The van der Waals surface area contributed by atoms with Crippen LogP contribution in [0.15, 0.2) is 35.4 Å². The van der Waals surface area contributed by atoms with E-state index in [1.165, 1.54) is 16.6 Å². The molecule has 1 aliphatic heterocycles. The van der Waals surface area contributed by atoms with Crippen LogP contribution in [0.25, 0.3) is 0 Å². The number of aryl methyl sites for hydroxylation is 2. The average Bonchev–Trinajstić information content (AvgIpc) is 3.09. The van der Waals surface area contributed by atoms with Crippen molar-refractivity contribution in [1.82, 2.24) is 9.29 Å². The minimum Gasteiger partial charge on any atom is -0.356 e. The maximum absolute atomic E-state index is 12.6. The number of carbonyl (C=O) groups is 1. The van der Waals surface area contributed by atoms with Crippen molar-refractivity contribution in [1.29, 1.82) is 0 Å². The molecule has 2 N–H and O–H groups in total. The summed E-state index contributed by atoms with van der Waals surface area (Å²) in [6.07, 6.45) is 4.21. The Morgan fingerprint density at radius 1 is 1.12 bits per heavy atom. The lowest BCUT2D eigenvalue weighted by atomic mass is 10.1. The van der Waals surface area contributed by atoms with Crippen LogP contribution in [0.2, 0.25) is 0 Å². The van der Waals surface area contributed by atoms with Gasteiger partial charge in [-0.1, -0.05) is 24.1 Å². The summed E-state index contributed by atoms with van der Waals surface area (Å²) in [7, 11) is -3.54. The van der Waals surface area contributed by atoms with Gasteiger partial charge in [-0.15, -0.1) is 0 Å². The van der Waals surface area contributed by atoms with Crippen LogP contribution in [-0.4, -0.2) is 36.7 Å². The van der Waals surface area contributed by atoms with Gasteiger partial charge in [-0.25, -0.2) is 8.42 Å². The van der Waals surface area contributed by atoms with Gasteiger partial charge in [0.1, 0.15) is 10.6 Å². The zero-order valence-corrected chi connectivity index (χ0v) is 15.3. The van der Waals surface area contributed by atoms with E-state index in [1.54, 1.807) is 0 Å². The van der Waals surface area contributed by atoms with Gasteiger partial charge < -0.3 is 10.3 Å². The monoisotopic (exact) mass is 361 g/mol. The topological polar surface area (TPSA) is 82.3 Å². The molecule has 1 aromatic carbocycles. The molecule has 2 heterocycles. The smallest absolute Gasteiger partial charge is 0.272 e. The summed E-state index contributed by atoms with van der Waals surface area (Å²) in [5, 5.41) is 2.82. The molecule has 1 aliphatic rings. The van der Waals surface area contributed by atoms with E-state index in [1.807, 2.05) is 32.0 Å². The van der Waals surface area contributed by atoms with Gasteiger partial charge in [0.25, 0.3) is 5.91 Å². The predicted molar refractivity (Wildman–Crippen MR) is 97.3 cm³/mol. The molecule has 0 saturated carbocycles. The van der Waals surface area contributed by atoms with Crippen LogP contribution in [0.1, 0.15) is 40.9 Å². The predicted octanol–water partition coefficient (Wildman–Crippen LogP) is 3.06. The van der Waals surface area contributed by atoms with Gasteiger partial charge in [-0.2, -0.15) is 4.31 Å². The van der Waals surface area contributed by atoms with Crippen molar-refractivity contribution in [2.24, 2.45) is 0 Å². The Balaban J connectivity index is 1.77. The number of aromatic amines is 1. The molecule has 0 radical (unpaired) electrons. The van der Waals surface area contributed by atoms with Gasteiger partial charge in [0.15, 0.2) is 0 Å². The lowest BCUT2D eigenvalue weighted by molar-refractivity contribution is 0.102. The third-order valence-corrected chi connectivity index (χ3v) is 6.36. The Hall–Kier alpha value is -2.12. The molecule has 25 heavy (non-hydrogen) atoms. The fourth-order valence-electron chi connectivity index (χ4n) is 3.05. The van der Waals surface area contributed by atoms with E-state index >= 15 is 0 Å². The number of H-pyrrole nitrogens is 1. The van der Waals surface area contributed by atoms with E-state index in [2.05, 4.69) is 10.3 Å². The summed E-state index contributed by atoms with van der Waals surface area (Å²) >= 11 is 0. The van der Waals surface area contributed by atoms with Gasteiger partial charge in [0.2, 0.25) is 10.0 Å². The minimum absolute atomic E-state index is 0.139. The van der Waals surface area contributed by atoms with Crippen LogP contribution in [0, 0.1) is 13.8 Å². The van der Waals surface area contributed by atoms with Crippen molar-refractivity contribution in [2.75, 3.05) is 18.4 Å². The number of amides is 1. The highest BCUT2D eigenvalue weighted by atomic mass is 32.2. The third kappa shape index (κ3) is 3.77. The van der Waals surface area contributed by atoms with Crippen LogP contribution < -0.4 is 5.32 Å². The fourth-order valence-corrected chi connectivity index (χ4v) is 4.56. The van der Waals surface area contributed by atoms with Gasteiger partial charge >= 0.3 is 0 Å². The molecule has 0 unspecified atom stereocenters. The van der Waals surface area contributed by atoms with Crippen LogP contribution >= 0.6 is 0 Å². The van der Waals surface area contributed by atoms with Crippen molar-refractivity contribution in [2.45, 2.75) is 38.0 Å². The highest BCUT2D eigenvalue weighted by Gasteiger charge is 2.27. The summed E-state index contributed by atoms with van der Waals surface area (Å²) in [6, 6.07) is 7.15. The molecule has 1 saturated heterocycles. The number of sulfonamides is 1. The van der Waals surface area contributed by atoms with Crippen molar-refractivity contribution < 1.29 is 13.2 Å². The largest absolute Gasteiger partial charge is 0.356 e. The number of rotatable bonds is 4. The second-order valence-electron chi connectivity index (χ2n) is 6.49. The first kappa shape index (κ1) is 17.7. The van der Waals surface area contributed by atoms with Gasteiger partial charge in [-0.05, 0) is 44.4 Å². The molecule has 134 valence electrons. The SMILES string of the molecule is Cc1ccc(NC(=O)c2cc(S(=O)(=O)N3CCCCC3)c[nH]2)c(C)c1. The Morgan fingerprint density at radius 2 is 1.84 bits per heavy atom. The normalized spacial score (nSPS) is 15.9. The molecule has 0 spiro atoms. The fraction of sp³-hybridized carbons (Fsp3) is 0.389. The van der Waals surface area contributed by atoms with Crippen LogP contribution in [0.3, 0.4) is 0 Å². The zero-order valence-electron chi connectivity index (χ0n) is 14.5. The number of piperidine rings is 1. The number of hydrogen-bond acceptors (Lipinski definition) is 3. The van der Waals surface area contributed by atoms with E-state index in [0.717, 1.165) is 30.4 Å². The van der Waals surface area contributed by atoms with Crippen LogP contribution in [0.4, 0.5) is 5.69 Å². The summed E-state index contributed by atoms with van der Waals surface area (Å²) in [5.74, 6) is -0.355. The number of hydrogen-bond donors (Lipinski definition) is 2. The summed E-state index contributed by atoms with van der Waals surface area (Å²) in [6.45, 7) is 4.99. The Morgan fingerprint density at radius 3 is 2.52 bits per heavy atom. The molecular weight excluding hydrogens is 338 g/mol. The van der Waals surface area contributed by atoms with Crippen molar-refractivity contribution in [3.8, 4) is 0 Å². The highest BCUT2D eigenvalue weighted by Crippen LogP contribution is 2.22. The third-order valence-electron chi connectivity index (χ3n) is 4.48. The average molecular weight is 361 g/mol. The minimum atomic E-state index is -3.54. The summed E-state index contributed by atoms with van der Waals surface area (Å²) in [5.41, 5.74) is 3.02. The van der Waals surface area contributed by atoms with E-state index in [-0.39, 0.29) is 16.5 Å². The number of benzene rings is 1. The molecule has 1 amide bonds. The van der Waals surface area contributed by atoms with Crippen LogP contribution in [-0.2, 0) is 10.0 Å². The molecule has 1 aromatic heterocycles. The molecule has 0 aliphatic carbocycles. The molecule has 0 bridgehead atoms. The first-order valence-corrected chi connectivity index (χ1v) is 9.89. The quantitative estimate of drug-likeness (QED) is 0.878. The van der Waals surface area contributed by atoms with E-state index < -0.39 is 10.0 Å². The van der Waals surface area contributed by atoms with Crippen molar-refractivity contribution in [3.05, 3.63) is 47.3 Å². The van der Waals surface area contributed by atoms with Gasteiger partial charge in [0.05, 0.1) is 0 Å². The van der Waals surface area contributed by atoms with E-state index in [9.17, 15) is 13.2 Å². The molecule has 3 rings (SSSR count). The van der Waals surface area contributed by atoms with Crippen LogP contribution in [0.5, 0.6) is 0 Å². The lowest BCUT2D eigenvalue weighted by Gasteiger charge is -2.25. The lowest BCUT2D eigenvalue weighted by Crippen LogP contribution is -2.35. The zero-order chi connectivity index (χ0) is 18.0. The Kier molecular flexibility index (Phi) is 4.96. The van der Waals surface area contributed by atoms with Crippen molar-refractivity contribution in [3.63, 3.8) is 0 Å². The van der Waals surface area contributed by atoms with E-state index in [0.29, 0.717) is 18.8 Å². The first-order chi connectivity index (χ1) is 11.9. The second-order valence-corrected chi connectivity index (χ2v) is 8.42.